The molecule has 0 unspecified atom stereocenters. The second-order valence-electron chi connectivity index (χ2n) is 2.33. The zero-order chi connectivity index (χ0) is 6.10. The van der Waals surface area contributed by atoms with Gasteiger partial charge >= 0.3 is 0 Å². The van der Waals surface area contributed by atoms with Crippen LogP contribution in [0.15, 0.2) is 23.5 Å². The van der Waals surface area contributed by atoms with Crippen molar-refractivity contribution in [1.82, 2.24) is 5.32 Å². The summed E-state index contributed by atoms with van der Waals surface area (Å²) in [6.45, 7) is 1.60. The van der Waals surface area contributed by atoms with Gasteiger partial charge in [-0.3, -0.25) is 0 Å². The summed E-state index contributed by atoms with van der Waals surface area (Å²) in [5.41, 5.74) is 2.69. The first-order chi connectivity index (χ1) is 4.47. The third-order valence-corrected chi connectivity index (χ3v) is 1.69. The van der Waals surface area contributed by atoms with Crippen LogP contribution >= 0.6 is 0 Å². The molecule has 0 amide bonds. The molecule has 0 atom stereocenters. The lowest BCUT2D eigenvalue weighted by Gasteiger charge is -2.07. The van der Waals surface area contributed by atoms with Crippen LogP contribution in [-0.4, -0.2) is 13.2 Å². The van der Waals surface area contributed by atoms with Gasteiger partial charge in [0.1, 0.15) is 0 Å². The van der Waals surface area contributed by atoms with Gasteiger partial charge in [-0.1, -0.05) is 6.08 Å². The SMILES string of the molecule is C1=CNC2=C(C1)COC2. The molecule has 0 aromatic rings. The fourth-order valence-electron chi connectivity index (χ4n) is 1.15. The zero-order valence-corrected chi connectivity index (χ0v) is 5.18. The lowest BCUT2D eigenvalue weighted by molar-refractivity contribution is 0.202. The largest absolute Gasteiger partial charge is 0.371 e. The van der Waals surface area contributed by atoms with Crippen molar-refractivity contribution in [2.75, 3.05) is 13.2 Å². The molecule has 9 heavy (non-hydrogen) atoms. The Hall–Kier alpha value is -0.760. The Morgan fingerprint density at radius 1 is 1.44 bits per heavy atom. The smallest absolute Gasteiger partial charge is 0.0870 e. The summed E-state index contributed by atoms with van der Waals surface area (Å²) in [6, 6.07) is 0. The highest BCUT2D eigenvalue weighted by molar-refractivity contribution is 5.25. The van der Waals surface area contributed by atoms with Gasteiger partial charge in [-0.05, 0) is 18.2 Å². The van der Waals surface area contributed by atoms with E-state index in [1.54, 1.807) is 0 Å². The molecule has 0 bridgehead atoms. The van der Waals surface area contributed by atoms with Crippen LogP contribution in [-0.2, 0) is 4.74 Å². The predicted molar refractivity (Wildman–Crippen MR) is 34.7 cm³/mol. The highest BCUT2D eigenvalue weighted by atomic mass is 16.5. The zero-order valence-electron chi connectivity index (χ0n) is 5.18. The number of dihydropyridines is 1. The van der Waals surface area contributed by atoms with Crippen LogP contribution in [0.4, 0.5) is 0 Å². The summed E-state index contributed by atoms with van der Waals surface area (Å²) in [5, 5.41) is 3.16. The Bertz CT molecular complexity index is 163. The van der Waals surface area contributed by atoms with Gasteiger partial charge in [-0.15, -0.1) is 0 Å². The Balaban J connectivity index is 2.21. The molecule has 0 saturated heterocycles. The van der Waals surface area contributed by atoms with E-state index >= 15 is 0 Å². The molecule has 2 heterocycles. The number of ether oxygens (including phenoxy) is 1. The van der Waals surface area contributed by atoms with Crippen molar-refractivity contribution in [3.8, 4) is 0 Å². The third kappa shape index (κ3) is 0.754. The van der Waals surface area contributed by atoms with Crippen molar-refractivity contribution in [3.05, 3.63) is 23.5 Å². The summed E-state index contributed by atoms with van der Waals surface area (Å²) in [4.78, 5) is 0. The molecule has 0 aromatic carbocycles. The van der Waals surface area contributed by atoms with E-state index in [0.29, 0.717) is 0 Å². The average molecular weight is 123 g/mol. The van der Waals surface area contributed by atoms with Crippen molar-refractivity contribution in [3.63, 3.8) is 0 Å². The molecule has 2 rings (SSSR count). The summed E-state index contributed by atoms with van der Waals surface area (Å²) in [7, 11) is 0. The molecule has 0 saturated carbocycles. The molecule has 0 aliphatic carbocycles. The fraction of sp³-hybridized carbons (Fsp3) is 0.429. The molecular weight excluding hydrogens is 114 g/mol. The fourth-order valence-corrected chi connectivity index (χ4v) is 1.15. The Labute approximate surface area is 54.2 Å². The first kappa shape index (κ1) is 5.06. The van der Waals surface area contributed by atoms with Crippen molar-refractivity contribution >= 4 is 0 Å². The van der Waals surface area contributed by atoms with Crippen molar-refractivity contribution < 1.29 is 4.74 Å². The molecule has 48 valence electrons. The monoisotopic (exact) mass is 123 g/mol. The van der Waals surface area contributed by atoms with Crippen molar-refractivity contribution in [1.29, 1.82) is 0 Å². The van der Waals surface area contributed by atoms with Gasteiger partial charge in [0, 0.05) is 5.70 Å². The van der Waals surface area contributed by atoms with Crippen LogP contribution in [0.3, 0.4) is 0 Å². The molecule has 0 fully saturated rings. The molecular formula is C7H9NO. The van der Waals surface area contributed by atoms with Gasteiger partial charge in [0.2, 0.25) is 0 Å². The molecule has 2 heteroatoms. The van der Waals surface area contributed by atoms with Crippen LogP contribution in [0, 0.1) is 0 Å². The molecule has 1 N–H and O–H groups in total. The van der Waals surface area contributed by atoms with E-state index in [4.69, 9.17) is 4.74 Å². The highest BCUT2D eigenvalue weighted by Crippen LogP contribution is 2.18. The van der Waals surface area contributed by atoms with Crippen LogP contribution in [0.2, 0.25) is 0 Å². The number of hydrogen-bond donors (Lipinski definition) is 1. The van der Waals surface area contributed by atoms with Crippen molar-refractivity contribution in [2.24, 2.45) is 0 Å². The molecule has 2 aliphatic heterocycles. The minimum absolute atomic E-state index is 0.777. The van der Waals surface area contributed by atoms with E-state index in [0.717, 1.165) is 19.6 Å². The average Bonchev–Trinajstić information content (AvgIpc) is 2.33. The molecule has 0 aromatic heterocycles. The molecule has 0 radical (unpaired) electrons. The summed E-state index contributed by atoms with van der Waals surface area (Å²) in [6.07, 6.45) is 5.17. The van der Waals surface area contributed by atoms with Gasteiger partial charge < -0.3 is 10.1 Å². The van der Waals surface area contributed by atoms with E-state index < -0.39 is 0 Å². The van der Waals surface area contributed by atoms with Crippen LogP contribution < -0.4 is 5.32 Å². The number of nitrogens with one attached hydrogen (secondary N) is 1. The standard InChI is InChI=1S/C7H9NO/c1-2-6-4-9-5-7(6)8-3-1/h1,3,8H,2,4-5H2. The number of rotatable bonds is 0. The minimum Gasteiger partial charge on any atom is -0.371 e. The van der Waals surface area contributed by atoms with Gasteiger partial charge in [0.25, 0.3) is 0 Å². The summed E-state index contributed by atoms with van der Waals surface area (Å²) in [5.74, 6) is 0. The number of allylic oxidation sites excluding steroid dienone is 1. The van der Waals surface area contributed by atoms with Crippen LogP contribution in [0.25, 0.3) is 0 Å². The van der Waals surface area contributed by atoms with Crippen LogP contribution in [0.5, 0.6) is 0 Å². The normalized spacial score (nSPS) is 24.0. The quantitative estimate of drug-likeness (QED) is 0.514. The molecule has 0 spiro atoms. The first-order valence-corrected chi connectivity index (χ1v) is 3.17. The molecule has 2 aliphatic rings. The van der Waals surface area contributed by atoms with Gasteiger partial charge in [-0.25, -0.2) is 0 Å². The Morgan fingerprint density at radius 3 is 3.33 bits per heavy atom. The maximum atomic E-state index is 5.21. The number of hydrogen-bond acceptors (Lipinski definition) is 2. The second kappa shape index (κ2) is 1.88. The van der Waals surface area contributed by atoms with Gasteiger partial charge in [0.15, 0.2) is 0 Å². The Kier molecular flexibility index (Phi) is 1.06. The maximum Gasteiger partial charge on any atom is 0.0870 e. The lowest BCUT2D eigenvalue weighted by Crippen LogP contribution is -2.10. The van der Waals surface area contributed by atoms with E-state index in [-0.39, 0.29) is 0 Å². The van der Waals surface area contributed by atoms with E-state index in [1.165, 1.54) is 11.3 Å². The second-order valence-corrected chi connectivity index (χ2v) is 2.33. The van der Waals surface area contributed by atoms with E-state index in [9.17, 15) is 0 Å². The first-order valence-electron chi connectivity index (χ1n) is 3.17. The summed E-state index contributed by atoms with van der Waals surface area (Å²) >= 11 is 0. The van der Waals surface area contributed by atoms with Crippen LogP contribution in [0.1, 0.15) is 6.42 Å². The highest BCUT2D eigenvalue weighted by Gasteiger charge is 2.14. The maximum absolute atomic E-state index is 5.21. The van der Waals surface area contributed by atoms with Gasteiger partial charge in [-0.2, -0.15) is 0 Å². The van der Waals surface area contributed by atoms with Crippen molar-refractivity contribution in [2.45, 2.75) is 6.42 Å². The predicted octanol–water partition coefficient (Wildman–Crippen LogP) is 0.778. The van der Waals surface area contributed by atoms with E-state index in [1.807, 2.05) is 6.20 Å². The Morgan fingerprint density at radius 2 is 2.44 bits per heavy atom. The lowest BCUT2D eigenvalue weighted by atomic mass is 10.1. The van der Waals surface area contributed by atoms with Gasteiger partial charge in [0.05, 0.1) is 13.2 Å². The molecule has 2 nitrogen and oxygen atoms in total. The minimum atomic E-state index is 0.777. The third-order valence-electron chi connectivity index (χ3n) is 1.69. The topological polar surface area (TPSA) is 21.3 Å². The summed E-state index contributed by atoms with van der Waals surface area (Å²) < 4.78 is 5.21. The van der Waals surface area contributed by atoms with E-state index in [2.05, 4.69) is 11.4 Å².